The van der Waals surface area contributed by atoms with E-state index in [4.69, 9.17) is 4.74 Å². The van der Waals surface area contributed by atoms with E-state index < -0.39 is 17.8 Å². The average molecular weight is 703 g/mol. The van der Waals surface area contributed by atoms with Crippen LogP contribution in [0.15, 0.2) is 106 Å². The lowest BCUT2D eigenvalue weighted by Crippen LogP contribution is -2.57. The summed E-state index contributed by atoms with van der Waals surface area (Å²) in [5.74, 6) is -1.46. The molecule has 1 aliphatic heterocycles. The van der Waals surface area contributed by atoms with E-state index in [1.165, 1.54) is 6.08 Å². The van der Waals surface area contributed by atoms with E-state index in [2.05, 4.69) is 37.2 Å². The standard InChI is InChI=1S/C33H25Br2N3O5/c1-20-13-14-23(15-21(20)2)36-29(39)19-43-30-27(34)17-22(18-28(30)35)16-26-31(40)37(24-9-5-3-6-10-24)33(42)38(32(26)41)25-11-7-4-8-12-25/h3-18H,19H2,1-2H3,(H,36,39). The minimum atomic E-state index is -0.769. The fourth-order valence-electron chi connectivity index (χ4n) is 4.46. The molecule has 0 saturated carbocycles. The number of hydrogen-bond acceptors (Lipinski definition) is 5. The summed E-state index contributed by atoms with van der Waals surface area (Å²) in [5.41, 5.74) is 3.81. The highest BCUT2D eigenvalue weighted by molar-refractivity contribution is 9.11. The topological polar surface area (TPSA) is 96.0 Å². The fraction of sp³-hybridized carbons (Fsp3) is 0.0909. The van der Waals surface area contributed by atoms with Gasteiger partial charge in [-0.3, -0.25) is 14.4 Å². The first-order valence-corrected chi connectivity index (χ1v) is 14.8. The quantitative estimate of drug-likeness (QED) is 0.160. The molecule has 0 spiro atoms. The summed E-state index contributed by atoms with van der Waals surface area (Å²) in [4.78, 5) is 55.3. The van der Waals surface area contributed by atoms with Gasteiger partial charge in [0, 0.05) is 5.69 Å². The van der Waals surface area contributed by atoms with Gasteiger partial charge >= 0.3 is 6.03 Å². The van der Waals surface area contributed by atoms with Crippen molar-refractivity contribution in [2.45, 2.75) is 13.8 Å². The van der Waals surface area contributed by atoms with E-state index in [-0.39, 0.29) is 18.1 Å². The molecule has 5 rings (SSSR count). The van der Waals surface area contributed by atoms with E-state index in [0.717, 1.165) is 20.9 Å². The van der Waals surface area contributed by atoms with E-state index in [1.807, 2.05) is 32.0 Å². The number of hydrogen-bond donors (Lipinski definition) is 1. The van der Waals surface area contributed by atoms with Gasteiger partial charge in [0.15, 0.2) is 6.61 Å². The third-order valence-corrected chi connectivity index (χ3v) is 7.93. The lowest BCUT2D eigenvalue weighted by molar-refractivity contribution is -0.121. The summed E-state index contributed by atoms with van der Waals surface area (Å²) >= 11 is 6.95. The summed E-state index contributed by atoms with van der Waals surface area (Å²) in [6.07, 6.45) is 1.43. The Labute approximate surface area is 265 Å². The van der Waals surface area contributed by atoms with Gasteiger partial charge in [-0.1, -0.05) is 42.5 Å². The van der Waals surface area contributed by atoms with Crippen molar-refractivity contribution >= 4 is 78.8 Å². The molecule has 216 valence electrons. The number of anilines is 3. The highest BCUT2D eigenvalue weighted by Crippen LogP contribution is 2.36. The lowest BCUT2D eigenvalue weighted by Gasteiger charge is -2.34. The molecule has 0 unspecified atom stereocenters. The molecule has 0 bridgehead atoms. The largest absolute Gasteiger partial charge is 0.481 e. The summed E-state index contributed by atoms with van der Waals surface area (Å²) in [7, 11) is 0. The van der Waals surface area contributed by atoms with Crippen LogP contribution in [-0.4, -0.2) is 30.4 Å². The van der Waals surface area contributed by atoms with Crippen LogP contribution in [-0.2, 0) is 14.4 Å². The summed E-state index contributed by atoms with van der Waals surface area (Å²) in [5, 5.41) is 2.82. The van der Waals surface area contributed by atoms with Crippen molar-refractivity contribution in [2.75, 3.05) is 21.7 Å². The molecule has 43 heavy (non-hydrogen) atoms. The molecule has 4 aromatic rings. The lowest BCUT2D eigenvalue weighted by atomic mass is 10.0. The number of urea groups is 1. The number of aryl methyl sites for hydroxylation is 2. The predicted molar refractivity (Wildman–Crippen MR) is 173 cm³/mol. The number of nitrogens with one attached hydrogen (secondary N) is 1. The van der Waals surface area contributed by atoms with Crippen LogP contribution < -0.4 is 19.9 Å². The predicted octanol–water partition coefficient (Wildman–Crippen LogP) is 7.43. The Kier molecular flexibility index (Phi) is 8.89. The van der Waals surface area contributed by atoms with Gasteiger partial charge in [0.2, 0.25) is 0 Å². The first kappa shape index (κ1) is 29.9. The molecule has 0 aliphatic carbocycles. The van der Waals surface area contributed by atoms with Crippen LogP contribution in [0, 0.1) is 13.8 Å². The van der Waals surface area contributed by atoms with Gasteiger partial charge in [-0.05, 0) is 117 Å². The van der Waals surface area contributed by atoms with Crippen molar-refractivity contribution in [3.63, 3.8) is 0 Å². The highest BCUT2D eigenvalue weighted by Gasteiger charge is 2.43. The van der Waals surface area contributed by atoms with Crippen molar-refractivity contribution in [1.82, 2.24) is 0 Å². The average Bonchev–Trinajstić information content (AvgIpc) is 2.98. The number of carbonyl (C=O) groups is 4. The van der Waals surface area contributed by atoms with E-state index in [9.17, 15) is 19.2 Å². The number of halogens is 2. The Morgan fingerprint density at radius 2 is 1.30 bits per heavy atom. The third kappa shape index (κ3) is 6.45. The van der Waals surface area contributed by atoms with Gasteiger partial charge in [-0.15, -0.1) is 0 Å². The molecule has 10 heteroatoms. The Balaban J connectivity index is 1.42. The van der Waals surface area contributed by atoms with Crippen LogP contribution in [0.5, 0.6) is 5.75 Å². The second-order valence-electron chi connectivity index (χ2n) is 9.74. The van der Waals surface area contributed by atoms with Crippen LogP contribution in [0.2, 0.25) is 0 Å². The first-order valence-electron chi connectivity index (χ1n) is 13.2. The summed E-state index contributed by atoms with van der Waals surface area (Å²) in [6, 6.07) is 25.1. The van der Waals surface area contributed by atoms with Crippen LogP contribution in [0.25, 0.3) is 6.08 Å². The molecule has 1 fully saturated rings. The molecule has 0 atom stereocenters. The molecule has 5 amide bonds. The number of benzene rings is 4. The first-order chi connectivity index (χ1) is 20.6. The summed E-state index contributed by atoms with van der Waals surface area (Å²) in [6.45, 7) is 3.72. The molecule has 4 aromatic carbocycles. The minimum absolute atomic E-state index is 0.201. The number of nitrogens with zero attached hydrogens (tertiary/aromatic N) is 2. The second kappa shape index (κ2) is 12.8. The number of para-hydroxylation sites is 2. The van der Waals surface area contributed by atoms with Crippen molar-refractivity contribution < 1.29 is 23.9 Å². The molecule has 8 nitrogen and oxygen atoms in total. The van der Waals surface area contributed by atoms with Crippen LogP contribution >= 0.6 is 31.9 Å². The fourth-order valence-corrected chi connectivity index (χ4v) is 5.91. The number of imide groups is 2. The van der Waals surface area contributed by atoms with Gasteiger partial charge in [0.25, 0.3) is 17.7 Å². The zero-order valence-electron chi connectivity index (χ0n) is 23.1. The Bertz CT molecular complexity index is 1690. The van der Waals surface area contributed by atoms with Crippen LogP contribution in [0.1, 0.15) is 16.7 Å². The maximum absolute atomic E-state index is 13.6. The Hall–Kier alpha value is -4.54. The third-order valence-electron chi connectivity index (χ3n) is 6.75. The number of rotatable bonds is 7. The number of ether oxygens (including phenoxy) is 1. The Morgan fingerprint density at radius 1 is 0.767 bits per heavy atom. The van der Waals surface area contributed by atoms with E-state index >= 15 is 0 Å². The Morgan fingerprint density at radius 3 is 1.81 bits per heavy atom. The minimum Gasteiger partial charge on any atom is -0.481 e. The van der Waals surface area contributed by atoms with Gasteiger partial charge in [-0.2, -0.15) is 0 Å². The van der Waals surface area contributed by atoms with Crippen molar-refractivity contribution in [3.05, 3.63) is 122 Å². The summed E-state index contributed by atoms with van der Waals surface area (Å²) < 4.78 is 6.76. The molecule has 1 heterocycles. The number of carbonyl (C=O) groups excluding carboxylic acids is 4. The normalized spacial score (nSPS) is 13.3. The number of barbiturate groups is 1. The van der Waals surface area contributed by atoms with Crippen molar-refractivity contribution in [2.24, 2.45) is 0 Å². The molecule has 1 aliphatic rings. The van der Waals surface area contributed by atoms with E-state index in [1.54, 1.807) is 72.8 Å². The second-order valence-corrected chi connectivity index (χ2v) is 11.5. The van der Waals surface area contributed by atoms with Gasteiger partial charge in [-0.25, -0.2) is 14.6 Å². The zero-order chi connectivity index (χ0) is 30.7. The van der Waals surface area contributed by atoms with Crippen molar-refractivity contribution in [1.29, 1.82) is 0 Å². The maximum atomic E-state index is 13.6. The van der Waals surface area contributed by atoms with Gasteiger partial charge in [0.1, 0.15) is 11.3 Å². The molecular formula is C33H25Br2N3O5. The zero-order valence-corrected chi connectivity index (χ0v) is 26.3. The highest BCUT2D eigenvalue weighted by atomic mass is 79.9. The molecule has 1 saturated heterocycles. The van der Waals surface area contributed by atoms with Crippen LogP contribution in [0.4, 0.5) is 21.9 Å². The van der Waals surface area contributed by atoms with Gasteiger partial charge < -0.3 is 10.1 Å². The maximum Gasteiger partial charge on any atom is 0.343 e. The molecule has 1 N–H and O–H groups in total. The van der Waals surface area contributed by atoms with Crippen LogP contribution in [0.3, 0.4) is 0 Å². The monoisotopic (exact) mass is 701 g/mol. The SMILES string of the molecule is Cc1ccc(NC(=O)COc2c(Br)cc(C=C3C(=O)N(c4ccccc4)C(=O)N(c4ccccc4)C3=O)cc2Br)cc1C. The smallest absolute Gasteiger partial charge is 0.343 e. The molecule has 0 aromatic heterocycles. The van der Waals surface area contributed by atoms with Gasteiger partial charge in [0.05, 0.1) is 20.3 Å². The van der Waals surface area contributed by atoms with Crippen molar-refractivity contribution in [3.8, 4) is 5.75 Å². The van der Waals surface area contributed by atoms with E-state index in [0.29, 0.717) is 37.3 Å². The molecule has 0 radical (unpaired) electrons. The molecular weight excluding hydrogens is 678 g/mol. The number of amides is 5.